The monoisotopic (exact) mass is 696 g/mol. The average molecular weight is 697 g/mol. The van der Waals surface area contributed by atoms with Crippen molar-refractivity contribution >= 4 is 46.6 Å². The molecule has 0 bridgehead atoms. The van der Waals surface area contributed by atoms with E-state index in [1.165, 1.54) is 11.9 Å². The van der Waals surface area contributed by atoms with Crippen molar-refractivity contribution in [1.29, 1.82) is 0 Å². The molecule has 0 radical (unpaired) electrons. The minimum atomic E-state index is -4.82. The highest BCUT2D eigenvalue weighted by Gasteiger charge is 2.47. The molecule has 5 atom stereocenters. The van der Waals surface area contributed by atoms with E-state index in [0.29, 0.717) is 11.6 Å². The summed E-state index contributed by atoms with van der Waals surface area (Å²) in [5, 5.41) is 15.9. The molecule has 0 saturated heterocycles. The van der Waals surface area contributed by atoms with Gasteiger partial charge in [0, 0.05) is 30.6 Å². The van der Waals surface area contributed by atoms with Gasteiger partial charge in [-0.15, -0.1) is 0 Å². The second-order valence-corrected chi connectivity index (χ2v) is 13.1. The number of carbonyl (C=O) groups is 2. The number of anilines is 4. The van der Waals surface area contributed by atoms with Crippen LogP contribution in [-0.4, -0.2) is 56.4 Å². The fourth-order valence-electron chi connectivity index (χ4n) is 6.23. The number of nitrogens with one attached hydrogen (secondary N) is 2. The molecule has 0 aromatic heterocycles. The van der Waals surface area contributed by atoms with Crippen LogP contribution in [0.2, 0.25) is 0 Å². The van der Waals surface area contributed by atoms with Gasteiger partial charge in [0.1, 0.15) is 12.4 Å². The van der Waals surface area contributed by atoms with E-state index < -0.39 is 72.0 Å². The molecular formula is C33H34F6N4O4S. The van der Waals surface area contributed by atoms with Gasteiger partial charge in [-0.25, -0.2) is 13.2 Å². The maximum absolute atomic E-state index is 14.6. The molecule has 8 nitrogen and oxygen atoms in total. The zero-order chi connectivity index (χ0) is 34.9. The number of nitrogens with zero attached hydrogens (tertiary/aromatic N) is 2. The highest BCUT2D eigenvalue weighted by atomic mass is 32.2. The first kappa shape index (κ1) is 35.2. The molecule has 0 spiro atoms. The molecule has 5 rings (SSSR count). The number of hydrogen-bond donors (Lipinski definition) is 3. The number of carboxylic acids is 1. The third kappa shape index (κ3) is 7.78. The standard InChI is InChI=1S/C33H34F6N4O4S/c1-17-40-27-15-22(9-11-28(27)42(17)2)48-43(3)20-7-4-18(5-8-20)23-13-21(47-16-29(35)36)14-24(30(23)32(45)46)31(44)41-26-10-6-19(12-25(26)34)33(37,38)39/h4-12,15,17,21,23-24,29-30,40H,13-14,16H2,1-3H3,(H,41,44)(H,45,46)/t17?,21?,23?,24?,30-/m1/s1. The molecule has 1 heterocycles. The van der Waals surface area contributed by atoms with Crippen molar-refractivity contribution in [1.82, 2.24) is 0 Å². The van der Waals surface area contributed by atoms with E-state index in [-0.39, 0.29) is 25.1 Å². The highest BCUT2D eigenvalue weighted by molar-refractivity contribution is 8.00. The maximum Gasteiger partial charge on any atom is 0.416 e. The molecule has 48 heavy (non-hydrogen) atoms. The van der Waals surface area contributed by atoms with E-state index in [1.54, 1.807) is 24.3 Å². The molecule has 1 amide bonds. The minimum Gasteiger partial charge on any atom is -0.481 e. The van der Waals surface area contributed by atoms with Gasteiger partial charge < -0.3 is 29.7 Å². The van der Waals surface area contributed by atoms with Crippen LogP contribution in [-0.2, 0) is 20.5 Å². The number of fused-ring (bicyclic) bond motifs is 1. The first-order valence-corrected chi connectivity index (χ1v) is 15.8. The van der Waals surface area contributed by atoms with Gasteiger partial charge in [-0.3, -0.25) is 9.59 Å². The van der Waals surface area contributed by atoms with E-state index in [0.717, 1.165) is 28.0 Å². The first-order valence-electron chi connectivity index (χ1n) is 15.1. The van der Waals surface area contributed by atoms with Crippen LogP contribution in [0.5, 0.6) is 0 Å². The summed E-state index contributed by atoms with van der Waals surface area (Å²) in [4.78, 5) is 29.2. The molecule has 1 aliphatic carbocycles. The van der Waals surface area contributed by atoms with Crippen LogP contribution < -0.4 is 19.8 Å². The maximum atomic E-state index is 14.6. The second-order valence-electron chi connectivity index (χ2n) is 11.9. The van der Waals surface area contributed by atoms with Crippen molar-refractivity contribution in [3.05, 3.63) is 77.6 Å². The number of carboxylic acid groups (broad SMARTS) is 1. The predicted molar refractivity (Wildman–Crippen MR) is 171 cm³/mol. The molecule has 4 unspecified atom stereocenters. The summed E-state index contributed by atoms with van der Waals surface area (Å²) < 4.78 is 87.0. The van der Waals surface area contributed by atoms with Crippen molar-refractivity contribution in [3.8, 4) is 0 Å². The van der Waals surface area contributed by atoms with Crippen LogP contribution >= 0.6 is 11.9 Å². The quantitative estimate of drug-likeness (QED) is 0.147. The number of benzene rings is 3. The molecule has 3 aromatic carbocycles. The Morgan fingerprint density at radius 3 is 2.44 bits per heavy atom. The fourth-order valence-corrected chi connectivity index (χ4v) is 7.07. The summed E-state index contributed by atoms with van der Waals surface area (Å²) in [6, 6.07) is 14.6. The van der Waals surface area contributed by atoms with Gasteiger partial charge in [-0.2, -0.15) is 13.2 Å². The van der Waals surface area contributed by atoms with E-state index >= 15 is 0 Å². The molecule has 258 valence electrons. The summed E-state index contributed by atoms with van der Waals surface area (Å²) in [5.74, 6) is -7.29. The van der Waals surface area contributed by atoms with Crippen LogP contribution in [0.25, 0.3) is 0 Å². The van der Waals surface area contributed by atoms with Gasteiger partial charge in [0.2, 0.25) is 5.91 Å². The lowest BCUT2D eigenvalue weighted by Gasteiger charge is -2.39. The second kappa shape index (κ2) is 14.2. The SMILES string of the molecule is CC1Nc2cc(SN(C)c3ccc(C4CC(OCC(F)F)CC(C(=O)Nc5ccc(C(F)(F)F)cc5F)[C@@H]4C(=O)O)cc3)ccc2N1C. The molecule has 2 aliphatic rings. The van der Waals surface area contributed by atoms with Crippen molar-refractivity contribution in [2.45, 2.75) is 55.5 Å². The third-order valence-corrected chi connectivity index (χ3v) is 9.70. The Labute approximate surface area is 277 Å². The van der Waals surface area contributed by atoms with Crippen LogP contribution in [0.3, 0.4) is 0 Å². The summed E-state index contributed by atoms with van der Waals surface area (Å²) >= 11 is 1.47. The first-order chi connectivity index (χ1) is 22.6. The number of alkyl halides is 5. The Kier molecular flexibility index (Phi) is 10.4. The molecule has 1 aliphatic heterocycles. The molecule has 1 saturated carbocycles. The molecule has 15 heteroatoms. The Morgan fingerprint density at radius 1 is 1.10 bits per heavy atom. The topological polar surface area (TPSA) is 94.1 Å². The lowest BCUT2D eigenvalue weighted by atomic mass is 9.67. The van der Waals surface area contributed by atoms with Gasteiger partial charge in [0.25, 0.3) is 6.43 Å². The average Bonchev–Trinajstić information content (AvgIpc) is 3.31. The predicted octanol–water partition coefficient (Wildman–Crippen LogP) is 7.68. The van der Waals surface area contributed by atoms with Gasteiger partial charge in [-0.1, -0.05) is 12.1 Å². The molecular weight excluding hydrogens is 662 g/mol. The number of aliphatic carboxylic acids is 1. The van der Waals surface area contributed by atoms with E-state index in [1.807, 2.05) is 36.6 Å². The fraction of sp³-hybridized carbons (Fsp3) is 0.394. The van der Waals surface area contributed by atoms with Crippen LogP contribution in [0, 0.1) is 17.7 Å². The van der Waals surface area contributed by atoms with Crippen LogP contribution in [0.1, 0.15) is 36.8 Å². The van der Waals surface area contributed by atoms with Crippen LogP contribution in [0.15, 0.2) is 65.6 Å². The van der Waals surface area contributed by atoms with Crippen molar-refractivity contribution < 1.29 is 45.8 Å². The van der Waals surface area contributed by atoms with Crippen molar-refractivity contribution in [2.75, 3.05) is 40.5 Å². The third-order valence-electron chi connectivity index (χ3n) is 8.76. The highest BCUT2D eigenvalue weighted by Crippen LogP contribution is 2.45. The summed E-state index contributed by atoms with van der Waals surface area (Å²) in [5.41, 5.74) is 1.56. The number of hydrogen-bond acceptors (Lipinski definition) is 7. The Bertz CT molecular complexity index is 1640. The minimum absolute atomic E-state index is 0.0149. The molecule has 3 N–H and O–H groups in total. The van der Waals surface area contributed by atoms with Crippen molar-refractivity contribution in [3.63, 3.8) is 0 Å². The molecule has 3 aromatic rings. The van der Waals surface area contributed by atoms with Gasteiger partial charge in [-0.05, 0) is 85.8 Å². The number of rotatable bonds is 10. The van der Waals surface area contributed by atoms with Crippen LogP contribution in [0.4, 0.5) is 49.1 Å². The van der Waals surface area contributed by atoms with Crippen molar-refractivity contribution in [2.24, 2.45) is 11.8 Å². The van der Waals surface area contributed by atoms with Gasteiger partial charge >= 0.3 is 12.1 Å². The van der Waals surface area contributed by atoms with Gasteiger partial charge in [0.15, 0.2) is 0 Å². The summed E-state index contributed by atoms with van der Waals surface area (Å²) in [6.07, 6.45) is -8.66. The molecule has 1 fully saturated rings. The normalized spacial score (nSPS) is 22.3. The number of carbonyl (C=O) groups excluding carboxylic acids is 1. The van der Waals surface area contributed by atoms with E-state index in [9.17, 15) is 41.0 Å². The number of ether oxygens (including phenoxy) is 1. The lowest BCUT2D eigenvalue weighted by molar-refractivity contribution is -0.152. The summed E-state index contributed by atoms with van der Waals surface area (Å²) in [6.45, 7) is 1.12. The zero-order valence-electron chi connectivity index (χ0n) is 26.1. The number of halogens is 6. The Hall–Kier alpha value is -4.11. The van der Waals surface area contributed by atoms with E-state index in [2.05, 4.69) is 22.5 Å². The zero-order valence-corrected chi connectivity index (χ0v) is 26.9. The lowest BCUT2D eigenvalue weighted by Crippen LogP contribution is -2.45. The smallest absolute Gasteiger partial charge is 0.416 e. The summed E-state index contributed by atoms with van der Waals surface area (Å²) in [7, 11) is 3.87. The largest absolute Gasteiger partial charge is 0.481 e. The Morgan fingerprint density at radius 2 is 1.81 bits per heavy atom. The Balaban J connectivity index is 1.36. The van der Waals surface area contributed by atoms with E-state index in [4.69, 9.17) is 4.74 Å². The number of amides is 1. The van der Waals surface area contributed by atoms with Gasteiger partial charge in [0.05, 0.1) is 46.7 Å².